The number of carbonyl (C=O) groups excluding carboxylic acids is 1. The monoisotopic (exact) mass is 460 g/mol. The van der Waals surface area contributed by atoms with Gasteiger partial charge in [-0.1, -0.05) is 19.9 Å². The average Bonchev–Trinajstić information content (AvgIpc) is 3.29. The Kier molecular flexibility index (Phi) is 6.89. The van der Waals surface area contributed by atoms with E-state index in [4.69, 9.17) is 5.10 Å². The van der Waals surface area contributed by atoms with Crippen LogP contribution in [0.5, 0.6) is 0 Å². The van der Waals surface area contributed by atoms with Gasteiger partial charge in [0.25, 0.3) is 5.91 Å². The van der Waals surface area contributed by atoms with Gasteiger partial charge in [-0.15, -0.1) is 0 Å². The number of aromatic nitrogens is 3. The van der Waals surface area contributed by atoms with Gasteiger partial charge in [0.1, 0.15) is 5.69 Å². The molecule has 0 unspecified atom stereocenters. The summed E-state index contributed by atoms with van der Waals surface area (Å²) in [6.07, 6.45) is 6.90. The summed E-state index contributed by atoms with van der Waals surface area (Å²) in [4.78, 5) is 17.1. The number of benzene rings is 1. The van der Waals surface area contributed by atoms with Crippen molar-refractivity contribution < 1.29 is 9.90 Å². The number of aliphatic hydroxyl groups is 1. The lowest BCUT2D eigenvalue weighted by molar-refractivity contribution is 0.0792. The first kappa shape index (κ1) is 24.1. The van der Waals surface area contributed by atoms with Crippen LogP contribution in [0.3, 0.4) is 0 Å². The van der Waals surface area contributed by atoms with Crippen LogP contribution in [0.1, 0.15) is 86.7 Å². The van der Waals surface area contributed by atoms with E-state index in [1.165, 1.54) is 25.7 Å². The molecule has 0 bridgehead atoms. The van der Waals surface area contributed by atoms with Crippen molar-refractivity contribution in [1.82, 2.24) is 14.8 Å². The lowest BCUT2D eigenvalue weighted by Crippen LogP contribution is -2.22. The SMILES string of the molecule is Cc1cccc(C(=O)Nc2ccc(-n3ccc(C4CCC(C(C)C)CC4)n3)cc2C(C)(C)O)n1. The summed E-state index contributed by atoms with van der Waals surface area (Å²) >= 11 is 0. The summed E-state index contributed by atoms with van der Waals surface area (Å²) in [5.41, 5.74) is 3.14. The maximum atomic E-state index is 12.8. The molecule has 1 amide bonds. The Labute approximate surface area is 202 Å². The Morgan fingerprint density at radius 2 is 1.85 bits per heavy atom. The smallest absolute Gasteiger partial charge is 0.274 e. The number of hydrogen-bond donors (Lipinski definition) is 2. The Morgan fingerprint density at radius 1 is 1.12 bits per heavy atom. The Balaban J connectivity index is 1.56. The van der Waals surface area contributed by atoms with Crippen LogP contribution in [-0.4, -0.2) is 25.8 Å². The van der Waals surface area contributed by atoms with Gasteiger partial charge in [0, 0.05) is 29.1 Å². The van der Waals surface area contributed by atoms with E-state index >= 15 is 0 Å². The highest BCUT2D eigenvalue weighted by atomic mass is 16.3. The van der Waals surface area contributed by atoms with Gasteiger partial charge in [0.2, 0.25) is 0 Å². The summed E-state index contributed by atoms with van der Waals surface area (Å²) in [6, 6.07) is 13.1. The van der Waals surface area contributed by atoms with Gasteiger partial charge in [0.05, 0.1) is 17.0 Å². The quantitative estimate of drug-likeness (QED) is 0.474. The van der Waals surface area contributed by atoms with Gasteiger partial charge >= 0.3 is 0 Å². The second-order valence-corrected chi connectivity index (χ2v) is 10.4. The molecule has 1 aromatic carbocycles. The number of carbonyl (C=O) groups is 1. The fourth-order valence-electron chi connectivity index (χ4n) is 4.93. The second-order valence-electron chi connectivity index (χ2n) is 10.4. The van der Waals surface area contributed by atoms with E-state index in [-0.39, 0.29) is 5.91 Å². The van der Waals surface area contributed by atoms with Gasteiger partial charge in [-0.3, -0.25) is 4.79 Å². The number of anilines is 1. The third-order valence-corrected chi connectivity index (χ3v) is 7.04. The number of hydrogen-bond acceptors (Lipinski definition) is 4. The minimum Gasteiger partial charge on any atom is -0.386 e. The number of pyridine rings is 1. The molecule has 0 spiro atoms. The molecule has 34 heavy (non-hydrogen) atoms. The third-order valence-electron chi connectivity index (χ3n) is 7.04. The summed E-state index contributed by atoms with van der Waals surface area (Å²) in [5, 5.41) is 18.7. The zero-order chi connectivity index (χ0) is 24.5. The van der Waals surface area contributed by atoms with Gasteiger partial charge in [-0.05, 0) is 94.7 Å². The Morgan fingerprint density at radius 3 is 2.50 bits per heavy atom. The summed E-state index contributed by atoms with van der Waals surface area (Å²) in [6.45, 7) is 9.93. The minimum atomic E-state index is -1.15. The molecule has 3 aromatic rings. The molecule has 2 N–H and O–H groups in total. The van der Waals surface area contributed by atoms with Crippen LogP contribution in [0.2, 0.25) is 0 Å². The summed E-state index contributed by atoms with van der Waals surface area (Å²) in [5.74, 6) is 1.77. The van der Waals surface area contributed by atoms with Crippen LogP contribution in [0.4, 0.5) is 5.69 Å². The molecule has 1 fully saturated rings. The number of aryl methyl sites for hydroxylation is 1. The molecule has 0 aliphatic heterocycles. The Hall–Kier alpha value is -2.99. The molecule has 2 aromatic heterocycles. The predicted molar refractivity (Wildman–Crippen MR) is 135 cm³/mol. The van der Waals surface area contributed by atoms with E-state index in [9.17, 15) is 9.90 Å². The molecule has 6 nitrogen and oxygen atoms in total. The van der Waals surface area contributed by atoms with Gasteiger partial charge in [-0.2, -0.15) is 5.10 Å². The standard InChI is InChI=1S/C28H36N4O2/c1-18(2)20-9-11-21(12-10-20)24-15-16-32(31-24)22-13-14-25(23(17-22)28(4,5)34)30-27(33)26-8-6-7-19(3)29-26/h6-8,13-18,20-21,34H,9-12H2,1-5H3,(H,30,33). The molecule has 1 aliphatic rings. The van der Waals surface area contributed by atoms with Crippen LogP contribution >= 0.6 is 0 Å². The predicted octanol–water partition coefficient (Wildman–Crippen LogP) is 5.99. The molecular weight excluding hydrogens is 424 g/mol. The first-order valence-corrected chi connectivity index (χ1v) is 12.3. The molecular formula is C28H36N4O2. The minimum absolute atomic E-state index is 0.305. The lowest BCUT2D eigenvalue weighted by Gasteiger charge is -2.30. The molecule has 0 radical (unpaired) electrons. The highest BCUT2D eigenvalue weighted by Crippen LogP contribution is 2.38. The fourth-order valence-corrected chi connectivity index (χ4v) is 4.93. The molecule has 1 saturated carbocycles. The van der Waals surface area contributed by atoms with Crippen LogP contribution in [0.15, 0.2) is 48.7 Å². The maximum Gasteiger partial charge on any atom is 0.274 e. The lowest BCUT2D eigenvalue weighted by atomic mass is 9.76. The highest BCUT2D eigenvalue weighted by Gasteiger charge is 2.26. The third kappa shape index (κ3) is 5.39. The van der Waals surface area contributed by atoms with Crippen LogP contribution in [-0.2, 0) is 5.60 Å². The van der Waals surface area contributed by atoms with Crippen molar-refractivity contribution in [3.05, 3.63) is 71.3 Å². The zero-order valence-electron chi connectivity index (χ0n) is 20.9. The van der Waals surface area contributed by atoms with Crippen molar-refractivity contribution in [2.45, 2.75) is 71.8 Å². The van der Waals surface area contributed by atoms with Gasteiger partial charge in [-0.25, -0.2) is 9.67 Å². The maximum absolute atomic E-state index is 12.8. The number of nitrogens with one attached hydrogen (secondary N) is 1. The van der Waals surface area contributed by atoms with Crippen molar-refractivity contribution in [1.29, 1.82) is 0 Å². The van der Waals surface area contributed by atoms with Crippen LogP contribution in [0, 0.1) is 18.8 Å². The summed E-state index contributed by atoms with van der Waals surface area (Å²) in [7, 11) is 0. The molecule has 180 valence electrons. The van der Waals surface area contributed by atoms with Gasteiger partial charge in [0.15, 0.2) is 0 Å². The molecule has 6 heteroatoms. The Bertz CT molecular complexity index is 1150. The van der Waals surface area contributed by atoms with Crippen molar-refractivity contribution in [3.8, 4) is 5.69 Å². The molecule has 2 heterocycles. The fraction of sp³-hybridized carbons (Fsp3) is 0.464. The van der Waals surface area contributed by atoms with E-state index < -0.39 is 5.60 Å². The topological polar surface area (TPSA) is 80.0 Å². The van der Waals surface area contributed by atoms with E-state index in [1.54, 1.807) is 19.9 Å². The molecule has 4 rings (SSSR count). The normalized spacial score (nSPS) is 18.8. The molecule has 0 atom stereocenters. The zero-order valence-corrected chi connectivity index (χ0v) is 20.9. The van der Waals surface area contributed by atoms with Crippen molar-refractivity contribution in [2.75, 3.05) is 5.32 Å². The summed E-state index contributed by atoms with van der Waals surface area (Å²) < 4.78 is 1.87. The number of rotatable bonds is 6. The largest absolute Gasteiger partial charge is 0.386 e. The highest BCUT2D eigenvalue weighted by molar-refractivity contribution is 6.03. The van der Waals surface area contributed by atoms with Crippen molar-refractivity contribution in [2.24, 2.45) is 11.8 Å². The number of amides is 1. The van der Waals surface area contributed by atoms with Crippen molar-refractivity contribution in [3.63, 3.8) is 0 Å². The molecule has 0 saturated heterocycles. The van der Waals surface area contributed by atoms with E-state index in [0.29, 0.717) is 22.9 Å². The van der Waals surface area contributed by atoms with Crippen LogP contribution < -0.4 is 5.32 Å². The first-order valence-electron chi connectivity index (χ1n) is 12.3. The second kappa shape index (κ2) is 9.71. The molecule has 1 aliphatic carbocycles. The van der Waals surface area contributed by atoms with Gasteiger partial charge < -0.3 is 10.4 Å². The van der Waals surface area contributed by atoms with E-state index in [1.807, 2.05) is 48.1 Å². The van der Waals surface area contributed by atoms with Crippen molar-refractivity contribution >= 4 is 11.6 Å². The van der Waals surface area contributed by atoms with Crippen LogP contribution in [0.25, 0.3) is 5.69 Å². The van der Waals surface area contributed by atoms with E-state index in [0.717, 1.165) is 28.9 Å². The number of nitrogens with zero attached hydrogens (tertiary/aromatic N) is 3. The first-order chi connectivity index (χ1) is 16.1. The average molecular weight is 461 g/mol. The van der Waals surface area contributed by atoms with E-state index in [2.05, 4.69) is 30.2 Å².